The molecule has 0 bridgehead atoms. The molecule has 0 saturated heterocycles. The summed E-state index contributed by atoms with van der Waals surface area (Å²) in [4.78, 5) is 22.8. The number of amides is 1. The molecule has 0 radical (unpaired) electrons. The highest BCUT2D eigenvalue weighted by molar-refractivity contribution is 6.01. The van der Waals surface area contributed by atoms with Crippen molar-refractivity contribution in [3.63, 3.8) is 0 Å². The predicted molar refractivity (Wildman–Crippen MR) is 95.4 cm³/mol. The normalized spacial score (nSPS) is 12.6. The van der Waals surface area contributed by atoms with Crippen molar-refractivity contribution >= 4 is 17.4 Å². The molecule has 130 valence electrons. The van der Waals surface area contributed by atoms with Crippen LogP contribution in [0.3, 0.4) is 0 Å². The minimum absolute atomic E-state index is 0.112. The average molecular weight is 339 g/mol. The Balaban J connectivity index is 1.46. The number of anilines is 1. The predicted octanol–water partition coefficient (Wildman–Crippen LogP) is 3.62. The van der Waals surface area contributed by atoms with Crippen LogP contribution in [0.1, 0.15) is 35.7 Å². The van der Waals surface area contributed by atoms with Crippen LogP contribution >= 0.6 is 0 Å². The summed E-state index contributed by atoms with van der Waals surface area (Å²) < 4.78 is 11.5. The summed E-state index contributed by atoms with van der Waals surface area (Å²) in [5.74, 6) is 1.59. The zero-order valence-corrected chi connectivity index (χ0v) is 14.2. The van der Waals surface area contributed by atoms with Crippen molar-refractivity contribution in [1.82, 2.24) is 0 Å². The molecule has 5 nitrogen and oxygen atoms in total. The first-order chi connectivity index (χ1) is 12.1. The minimum atomic E-state index is -0.112. The average Bonchev–Trinajstić information content (AvgIpc) is 2.96. The number of hydrogen-bond acceptors (Lipinski definition) is 4. The van der Waals surface area contributed by atoms with Crippen LogP contribution < -0.4 is 14.8 Å². The minimum Gasteiger partial charge on any atom is -0.493 e. The standard InChI is InChI=1S/C20H21NO4/c1-14(22)21-15-5-2-6-16(13-15)24-11-4-12-25-20-8-3-7-17-18(20)9-10-19(17)23/h2-3,5-8,13H,4,9-12H2,1H3,(H,21,22). The Morgan fingerprint density at radius 1 is 1.08 bits per heavy atom. The van der Waals surface area contributed by atoms with Crippen LogP contribution in [0.4, 0.5) is 5.69 Å². The zero-order chi connectivity index (χ0) is 17.6. The molecule has 1 N–H and O–H groups in total. The number of ether oxygens (including phenoxy) is 2. The van der Waals surface area contributed by atoms with E-state index in [4.69, 9.17) is 9.47 Å². The van der Waals surface area contributed by atoms with Gasteiger partial charge in [0.15, 0.2) is 5.78 Å². The van der Waals surface area contributed by atoms with Gasteiger partial charge in [-0.3, -0.25) is 9.59 Å². The lowest BCUT2D eigenvalue weighted by atomic mass is 10.1. The third-order valence-corrected chi connectivity index (χ3v) is 4.00. The Hall–Kier alpha value is -2.82. The number of ketones is 1. The molecule has 0 aromatic heterocycles. The molecular weight excluding hydrogens is 318 g/mol. The summed E-state index contributed by atoms with van der Waals surface area (Å²) in [7, 11) is 0. The van der Waals surface area contributed by atoms with E-state index in [0.717, 1.165) is 29.7 Å². The number of fused-ring (bicyclic) bond motifs is 1. The number of nitrogens with one attached hydrogen (secondary N) is 1. The molecule has 0 fully saturated rings. The van der Waals surface area contributed by atoms with E-state index in [1.54, 1.807) is 6.07 Å². The van der Waals surface area contributed by atoms with Gasteiger partial charge in [-0.05, 0) is 24.6 Å². The summed E-state index contributed by atoms with van der Waals surface area (Å²) in [6.07, 6.45) is 2.06. The van der Waals surface area contributed by atoms with E-state index in [1.165, 1.54) is 6.92 Å². The first-order valence-electron chi connectivity index (χ1n) is 8.42. The second kappa shape index (κ2) is 7.83. The van der Waals surface area contributed by atoms with Gasteiger partial charge in [-0.25, -0.2) is 0 Å². The molecule has 1 aliphatic carbocycles. The number of benzene rings is 2. The lowest BCUT2D eigenvalue weighted by molar-refractivity contribution is -0.114. The third-order valence-electron chi connectivity index (χ3n) is 4.00. The molecule has 2 aromatic rings. The Morgan fingerprint density at radius 3 is 2.72 bits per heavy atom. The molecule has 25 heavy (non-hydrogen) atoms. The number of rotatable bonds is 7. The number of hydrogen-bond donors (Lipinski definition) is 1. The molecule has 2 aromatic carbocycles. The Kier molecular flexibility index (Phi) is 5.33. The Labute approximate surface area is 147 Å². The van der Waals surface area contributed by atoms with Gasteiger partial charge in [0.1, 0.15) is 11.5 Å². The van der Waals surface area contributed by atoms with Gasteiger partial charge in [-0.15, -0.1) is 0 Å². The van der Waals surface area contributed by atoms with Crippen LogP contribution in [-0.2, 0) is 11.2 Å². The molecular formula is C20H21NO4. The van der Waals surface area contributed by atoms with Gasteiger partial charge in [-0.1, -0.05) is 18.2 Å². The first-order valence-corrected chi connectivity index (χ1v) is 8.42. The van der Waals surface area contributed by atoms with Crippen molar-refractivity contribution in [3.8, 4) is 11.5 Å². The monoisotopic (exact) mass is 339 g/mol. The number of Topliss-reactive ketones (excluding diaryl/α,β-unsaturated/α-hetero) is 1. The Morgan fingerprint density at radius 2 is 1.88 bits per heavy atom. The van der Waals surface area contributed by atoms with Gasteiger partial charge < -0.3 is 14.8 Å². The molecule has 1 amide bonds. The van der Waals surface area contributed by atoms with Crippen LogP contribution in [0.25, 0.3) is 0 Å². The first kappa shape index (κ1) is 17.0. The Bertz CT molecular complexity index is 785. The second-order valence-corrected chi connectivity index (χ2v) is 5.96. The summed E-state index contributed by atoms with van der Waals surface area (Å²) in [5.41, 5.74) is 2.53. The van der Waals surface area contributed by atoms with Crippen molar-refractivity contribution in [2.45, 2.75) is 26.2 Å². The van der Waals surface area contributed by atoms with Gasteiger partial charge in [0, 0.05) is 42.6 Å². The maximum absolute atomic E-state index is 11.7. The highest BCUT2D eigenvalue weighted by atomic mass is 16.5. The van der Waals surface area contributed by atoms with Crippen LogP contribution in [0, 0.1) is 0 Å². The van der Waals surface area contributed by atoms with Gasteiger partial charge in [0.05, 0.1) is 13.2 Å². The summed E-state index contributed by atoms with van der Waals surface area (Å²) in [6, 6.07) is 12.9. The van der Waals surface area contributed by atoms with Crippen molar-refractivity contribution in [2.75, 3.05) is 18.5 Å². The summed E-state index contributed by atoms with van der Waals surface area (Å²) in [6.45, 7) is 2.51. The van der Waals surface area contributed by atoms with Gasteiger partial charge in [0.2, 0.25) is 5.91 Å². The highest BCUT2D eigenvalue weighted by Crippen LogP contribution is 2.30. The van der Waals surface area contributed by atoms with E-state index in [0.29, 0.717) is 31.1 Å². The topological polar surface area (TPSA) is 64.6 Å². The molecule has 0 unspecified atom stereocenters. The van der Waals surface area contributed by atoms with Crippen molar-refractivity contribution in [2.24, 2.45) is 0 Å². The quantitative estimate of drug-likeness (QED) is 0.783. The molecule has 0 aliphatic heterocycles. The summed E-state index contributed by atoms with van der Waals surface area (Å²) in [5, 5.41) is 2.72. The third kappa shape index (κ3) is 4.38. The molecule has 0 atom stereocenters. The van der Waals surface area contributed by atoms with Crippen molar-refractivity contribution in [1.29, 1.82) is 0 Å². The number of carbonyl (C=O) groups is 2. The van der Waals surface area contributed by atoms with Crippen LogP contribution in [0.15, 0.2) is 42.5 Å². The van der Waals surface area contributed by atoms with Gasteiger partial charge in [-0.2, -0.15) is 0 Å². The fourth-order valence-electron chi connectivity index (χ4n) is 2.89. The lowest BCUT2D eigenvalue weighted by Gasteiger charge is -2.11. The van der Waals surface area contributed by atoms with E-state index in [9.17, 15) is 9.59 Å². The van der Waals surface area contributed by atoms with E-state index in [-0.39, 0.29) is 11.7 Å². The van der Waals surface area contributed by atoms with Gasteiger partial charge >= 0.3 is 0 Å². The smallest absolute Gasteiger partial charge is 0.221 e. The van der Waals surface area contributed by atoms with Crippen LogP contribution in [-0.4, -0.2) is 24.9 Å². The van der Waals surface area contributed by atoms with Crippen molar-refractivity contribution < 1.29 is 19.1 Å². The highest BCUT2D eigenvalue weighted by Gasteiger charge is 2.22. The lowest BCUT2D eigenvalue weighted by Crippen LogP contribution is -2.07. The van der Waals surface area contributed by atoms with E-state index in [1.807, 2.05) is 36.4 Å². The largest absolute Gasteiger partial charge is 0.493 e. The molecule has 1 aliphatic rings. The molecule has 5 heteroatoms. The molecule has 0 spiro atoms. The maximum atomic E-state index is 11.7. The summed E-state index contributed by atoms with van der Waals surface area (Å²) >= 11 is 0. The van der Waals surface area contributed by atoms with E-state index >= 15 is 0 Å². The molecule has 3 rings (SSSR count). The molecule has 0 heterocycles. The van der Waals surface area contributed by atoms with Gasteiger partial charge in [0.25, 0.3) is 0 Å². The number of carbonyl (C=O) groups excluding carboxylic acids is 2. The second-order valence-electron chi connectivity index (χ2n) is 5.96. The molecule has 0 saturated carbocycles. The fourth-order valence-corrected chi connectivity index (χ4v) is 2.89. The zero-order valence-electron chi connectivity index (χ0n) is 14.2. The van der Waals surface area contributed by atoms with E-state index in [2.05, 4.69) is 5.32 Å². The van der Waals surface area contributed by atoms with Crippen LogP contribution in [0.5, 0.6) is 11.5 Å². The fraction of sp³-hybridized carbons (Fsp3) is 0.300. The van der Waals surface area contributed by atoms with Crippen LogP contribution in [0.2, 0.25) is 0 Å². The van der Waals surface area contributed by atoms with Crippen molar-refractivity contribution in [3.05, 3.63) is 53.6 Å². The SMILES string of the molecule is CC(=O)Nc1cccc(OCCCOc2cccc3c2CCC3=O)c1. The van der Waals surface area contributed by atoms with E-state index < -0.39 is 0 Å². The maximum Gasteiger partial charge on any atom is 0.221 e.